The largest absolute Gasteiger partial charge is 0.479 e. The number of carboxylic acid groups (broad SMARTS) is 1. The van der Waals surface area contributed by atoms with Crippen LogP contribution in [0.5, 0.6) is 0 Å². The van der Waals surface area contributed by atoms with Gasteiger partial charge in [-0.25, -0.2) is 4.79 Å². The van der Waals surface area contributed by atoms with Crippen LogP contribution in [0.3, 0.4) is 0 Å². The van der Waals surface area contributed by atoms with Crippen LogP contribution in [0, 0.1) is 0 Å². The van der Waals surface area contributed by atoms with Crippen molar-refractivity contribution in [2.75, 3.05) is 18.6 Å². The molecular formula is C10H17NO4S. The molecule has 2 atom stereocenters. The Kier molecular flexibility index (Phi) is 5.62. The van der Waals surface area contributed by atoms with Crippen molar-refractivity contribution in [3.05, 3.63) is 0 Å². The second-order valence-corrected chi connectivity index (χ2v) is 4.69. The molecule has 0 bridgehead atoms. The molecule has 0 spiro atoms. The molecular weight excluding hydrogens is 230 g/mol. The van der Waals surface area contributed by atoms with Crippen molar-refractivity contribution in [2.24, 2.45) is 0 Å². The van der Waals surface area contributed by atoms with Gasteiger partial charge < -0.3 is 15.2 Å². The van der Waals surface area contributed by atoms with E-state index in [0.29, 0.717) is 25.8 Å². The number of thioether (sulfide) groups is 1. The number of carboxylic acids is 1. The van der Waals surface area contributed by atoms with Gasteiger partial charge in [-0.15, -0.1) is 0 Å². The first-order chi connectivity index (χ1) is 7.63. The number of hydrogen-bond acceptors (Lipinski definition) is 4. The van der Waals surface area contributed by atoms with E-state index in [2.05, 4.69) is 5.32 Å². The third-order valence-corrected chi connectivity index (χ3v) is 3.06. The smallest absolute Gasteiger partial charge is 0.332 e. The molecule has 1 saturated heterocycles. The minimum atomic E-state index is -0.920. The van der Waals surface area contributed by atoms with Crippen LogP contribution >= 0.6 is 11.8 Å². The molecule has 1 rings (SSSR count). The Bertz CT molecular complexity index is 259. The lowest BCUT2D eigenvalue weighted by Gasteiger charge is -2.12. The van der Waals surface area contributed by atoms with E-state index in [0.717, 1.165) is 5.75 Å². The molecule has 1 aliphatic rings. The van der Waals surface area contributed by atoms with Crippen LogP contribution in [0.15, 0.2) is 0 Å². The number of carbonyl (C=O) groups excluding carboxylic acids is 1. The number of nitrogens with one attached hydrogen (secondary N) is 1. The summed E-state index contributed by atoms with van der Waals surface area (Å²) in [7, 11) is 0. The summed E-state index contributed by atoms with van der Waals surface area (Å²) in [6.45, 7) is 0.414. The van der Waals surface area contributed by atoms with Crippen molar-refractivity contribution in [1.82, 2.24) is 5.32 Å². The summed E-state index contributed by atoms with van der Waals surface area (Å²) in [5.41, 5.74) is 0. The van der Waals surface area contributed by atoms with Crippen LogP contribution in [0.1, 0.15) is 19.3 Å². The molecule has 0 radical (unpaired) electrons. The van der Waals surface area contributed by atoms with Gasteiger partial charge in [0, 0.05) is 18.7 Å². The molecule has 16 heavy (non-hydrogen) atoms. The van der Waals surface area contributed by atoms with Gasteiger partial charge in [-0.3, -0.25) is 4.79 Å². The maximum Gasteiger partial charge on any atom is 0.332 e. The van der Waals surface area contributed by atoms with Crippen molar-refractivity contribution < 1.29 is 19.4 Å². The normalized spacial score (nSPS) is 24.3. The highest BCUT2D eigenvalue weighted by molar-refractivity contribution is 7.98. The van der Waals surface area contributed by atoms with E-state index in [1.54, 1.807) is 11.8 Å². The molecule has 6 heteroatoms. The molecule has 2 N–H and O–H groups in total. The quantitative estimate of drug-likeness (QED) is 0.714. The lowest BCUT2D eigenvalue weighted by atomic mass is 10.2. The number of rotatable bonds is 6. The molecule has 0 aromatic heterocycles. The fourth-order valence-electron chi connectivity index (χ4n) is 1.55. The number of carbonyl (C=O) groups is 2. The molecule has 1 aliphatic heterocycles. The Hall–Kier alpha value is -0.750. The van der Waals surface area contributed by atoms with E-state index < -0.39 is 12.1 Å². The number of amides is 1. The van der Waals surface area contributed by atoms with Crippen LogP contribution in [-0.2, 0) is 14.3 Å². The summed E-state index contributed by atoms with van der Waals surface area (Å²) in [6, 6.07) is 0. The van der Waals surface area contributed by atoms with E-state index in [-0.39, 0.29) is 12.0 Å². The van der Waals surface area contributed by atoms with Gasteiger partial charge in [-0.1, -0.05) is 0 Å². The summed E-state index contributed by atoms with van der Waals surface area (Å²) in [4.78, 5) is 21.9. The molecule has 1 amide bonds. The van der Waals surface area contributed by atoms with Crippen LogP contribution in [0.4, 0.5) is 0 Å². The zero-order valence-corrected chi connectivity index (χ0v) is 10.1. The first-order valence-corrected chi connectivity index (χ1v) is 6.66. The summed E-state index contributed by atoms with van der Waals surface area (Å²) in [6.07, 6.45) is 2.81. The van der Waals surface area contributed by atoms with Crippen LogP contribution in [-0.4, -0.2) is 47.7 Å². The average molecular weight is 247 g/mol. The Morgan fingerprint density at radius 2 is 2.25 bits per heavy atom. The molecule has 0 aromatic carbocycles. The Balaban J connectivity index is 2.15. The number of aliphatic carboxylic acids is 1. The lowest BCUT2D eigenvalue weighted by Crippen LogP contribution is -2.33. The highest BCUT2D eigenvalue weighted by Gasteiger charge is 2.30. The fraction of sp³-hybridized carbons (Fsp3) is 0.800. The standard InChI is InChI=1S/C10H17NO4S/c1-16-5-4-9(12)11-6-7-2-3-8(15-7)10(13)14/h7-8H,2-6H2,1H3,(H,11,12)(H,13,14). The zero-order valence-electron chi connectivity index (χ0n) is 9.27. The van der Waals surface area contributed by atoms with E-state index >= 15 is 0 Å². The number of hydrogen-bond donors (Lipinski definition) is 2. The second kappa shape index (κ2) is 6.75. The maximum atomic E-state index is 11.3. The minimum absolute atomic E-state index is 0.00303. The second-order valence-electron chi connectivity index (χ2n) is 3.71. The monoisotopic (exact) mass is 247 g/mol. The van der Waals surface area contributed by atoms with Crippen molar-refractivity contribution in [2.45, 2.75) is 31.5 Å². The highest BCUT2D eigenvalue weighted by Crippen LogP contribution is 2.19. The topological polar surface area (TPSA) is 75.6 Å². The number of ether oxygens (including phenoxy) is 1. The lowest BCUT2D eigenvalue weighted by molar-refractivity contribution is -0.149. The minimum Gasteiger partial charge on any atom is -0.479 e. The third kappa shape index (κ3) is 4.40. The maximum absolute atomic E-state index is 11.3. The van der Waals surface area contributed by atoms with Gasteiger partial charge in [0.15, 0.2) is 6.10 Å². The third-order valence-electron chi connectivity index (χ3n) is 2.44. The van der Waals surface area contributed by atoms with Crippen LogP contribution in [0.25, 0.3) is 0 Å². The zero-order chi connectivity index (χ0) is 12.0. The van der Waals surface area contributed by atoms with E-state index in [1.807, 2.05) is 6.26 Å². The van der Waals surface area contributed by atoms with E-state index in [1.165, 1.54) is 0 Å². The van der Waals surface area contributed by atoms with Crippen molar-refractivity contribution in [3.63, 3.8) is 0 Å². The molecule has 0 aromatic rings. The van der Waals surface area contributed by atoms with Crippen molar-refractivity contribution >= 4 is 23.6 Å². The van der Waals surface area contributed by atoms with Gasteiger partial charge in [0.2, 0.25) is 5.91 Å². The summed E-state index contributed by atoms with van der Waals surface area (Å²) < 4.78 is 5.26. The van der Waals surface area contributed by atoms with Gasteiger partial charge >= 0.3 is 5.97 Å². The van der Waals surface area contributed by atoms with Gasteiger partial charge in [0.05, 0.1) is 6.10 Å². The Morgan fingerprint density at radius 3 is 2.81 bits per heavy atom. The van der Waals surface area contributed by atoms with Crippen molar-refractivity contribution in [1.29, 1.82) is 0 Å². The van der Waals surface area contributed by atoms with Crippen LogP contribution < -0.4 is 5.32 Å². The molecule has 1 fully saturated rings. The molecule has 92 valence electrons. The SMILES string of the molecule is CSCCC(=O)NCC1CCC(C(=O)O)O1. The summed E-state index contributed by atoms with van der Waals surface area (Å²) in [5.74, 6) is -0.123. The first-order valence-electron chi connectivity index (χ1n) is 5.27. The van der Waals surface area contributed by atoms with E-state index in [4.69, 9.17) is 9.84 Å². The van der Waals surface area contributed by atoms with Crippen LogP contribution in [0.2, 0.25) is 0 Å². The van der Waals surface area contributed by atoms with Gasteiger partial charge in [0.25, 0.3) is 0 Å². The predicted octanol–water partition coefficient (Wildman–Crippen LogP) is 0.488. The Labute approximate surface area is 98.9 Å². The van der Waals surface area contributed by atoms with Gasteiger partial charge in [-0.2, -0.15) is 11.8 Å². The average Bonchev–Trinajstić information content (AvgIpc) is 2.72. The fourth-order valence-corrected chi connectivity index (χ4v) is 1.94. The highest BCUT2D eigenvalue weighted by atomic mass is 32.2. The molecule has 2 unspecified atom stereocenters. The molecule has 0 aliphatic carbocycles. The summed E-state index contributed by atoms with van der Waals surface area (Å²) in [5, 5.41) is 11.5. The van der Waals surface area contributed by atoms with E-state index in [9.17, 15) is 9.59 Å². The predicted molar refractivity (Wildman–Crippen MR) is 61.5 cm³/mol. The molecule has 5 nitrogen and oxygen atoms in total. The molecule has 0 saturated carbocycles. The van der Waals surface area contributed by atoms with Gasteiger partial charge in [-0.05, 0) is 19.1 Å². The summed E-state index contributed by atoms with van der Waals surface area (Å²) >= 11 is 1.62. The first kappa shape index (κ1) is 13.3. The van der Waals surface area contributed by atoms with Gasteiger partial charge in [0.1, 0.15) is 0 Å². The Morgan fingerprint density at radius 1 is 1.50 bits per heavy atom. The molecule has 1 heterocycles. The van der Waals surface area contributed by atoms with Crippen molar-refractivity contribution in [3.8, 4) is 0 Å².